The lowest BCUT2D eigenvalue weighted by molar-refractivity contribution is -0.126. The third kappa shape index (κ3) is 1.57. The summed E-state index contributed by atoms with van der Waals surface area (Å²) in [7, 11) is 0. The number of phenolic OH excluding ortho intramolecular Hbond substituents is 2. The molecule has 2 aliphatic carbocycles. The van der Waals surface area contributed by atoms with Gasteiger partial charge < -0.3 is 10.2 Å². The second-order valence-corrected chi connectivity index (χ2v) is 6.63. The standard InChI is InChI=1S/C18H18O3/c1-18-7-6-13-12(14(18)4-5-16(18)21)3-2-10-8-11(19)9-15(20)17(10)13/h2-3,8-9,14,19-20H,4-7H2,1H3/t14-,18-/m0/s1. The maximum atomic E-state index is 12.2. The van der Waals surface area contributed by atoms with Gasteiger partial charge in [-0.1, -0.05) is 19.1 Å². The maximum Gasteiger partial charge on any atom is 0.139 e. The van der Waals surface area contributed by atoms with Gasteiger partial charge in [-0.2, -0.15) is 0 Å². The molecule has 3 nitrogen and oxygen atoms in total. The first-order chi connectivity index (χ1) is 10.0. The minimum atomic E-state index is -0.229. The van der Waals surface area contributed by atoms with Gasteiger partial charge in [0.25, 0.3) is 0 Å². The molecule has 0 saturated heterocycles. The predicted octanol–water partition coefficient (Wildman–Crippen LogP) is 3.65. The number of ketones is 1. The van der Waals surface area contributed by atoms with Gasteiger partial charge >= 0.3 is 0 Å². The average molecular weight is 282 g/mol. The molecule has 0 heterocycles. The zero-order valence-electron chi connectivity index (χ0n) is 12.0. The van der Waals surface area contributed by atoms with E-state index < -0.39 is 0 Å². The number of benzene rings is 2. The molecular formula is C18H18O3. The van der Waals surface area contributed by atoms with Gasteiger partial charge in [-0.3, -0.25) is 4.79 Å². The molecule has 0 aliphatic heterocycles. The molecule has 2 atom stereocenters. The largest absolute Gasteiger partial charge is 0.508 e. The van der Waals surface area contributed by atoms with Crippen LogP contribution in [0.15, 0.2) is 24.3 Å². The first kappa shape index (κ1) is 12.7. The van der Waals surface area contributed by atoms with Crippen LogP contribution in [0.1, 0.15) is 43.2 Å². The molecule has 2 aliphatic rings. The lowest BCUT2D eigenvalue weighted by atomic mass is 9.66. The molecule has 2 aromatic carbocycles. The molecule has 0 amide bonds. The van der Waals surface area contributed by atoms with Crippen molar-refractivity contribution >= 4 is 16.6 Å². The molecule has 1 saturated carbocycles. The van der Waals surface area contributed by atoms with Crippen LogP contribution in [0.5, 0.6) is 11.5 Å². The number of aryl methyl sites for hydroxylation is 1. The zero-order valence-corrected chi connectivity index (χ0v) is 12.0. The van der Waals surface area contributed by atoms with Gasteiger partial charge in [0.2, 0.25) is 0 Å². The van der Waals surface area contributed by atoms with E-state index in [1.54, 1.807) is 6.07 Å². The van der Waals surface area contributed by atoms with Crippen molar-refractivity contribution in [2.75, 3.05) is 0 Å². The van der Waals surface area contributed by atoms with Crippen molar-refractivity contribution in [2.45, 2.75) is 38.5 Å². The fourth-order valence-corrected chi connectivity index (χ4v) is 4.38. The number of hydrogen-bond donors (Lipinski definition) is 2. The average Bonchev–Trinajstić information content (AvgIpc) is 2.74. The molecule has 0 radical (unpaired) electrons. The highest BCUT2D eigenvalue weighted by Gasteiger charge is 2.49. The minimum absolute atomic E-state index is 0.0802. The molecule has 1 fully saturated rings. The summed E-state index contributed by atoms with van der Waals surface area (Å²) in [5.74, 6) is 0.867. The summed E-state index contributed by atoms with van der Waals surface area (Å²) in [5, 5.41) is 21.6. The second-order valence-electron chi connectivity index (χ2n) is 6.63. The Kier molecular flexibility index (Phi) is 2.42. The third-order valence-electron chi connectivity index (χ3n) is 5.56. The molecule has 3 heteroatoms. The lowest BCUT2D eigenvalue weighted by Crippen LogP contribution is -2.32. The molecule has 0 unspecified atom stereocenters. The van der Waals surface area contributed by atoms with E-state index >= 15 is 0 Å². The highest BCUT2D eigenvalue weighted by Crippen LogP contribution is 2.55. The Morgan fingerprint density at radius 3 is 2.81 bits per heavy atom. The fraction of sp³-hybridized carbons (Fsp3) is 0.389. The van der Waals surface area contributed by atoms with E-state index in [1.165, 1.54) is 11.6 Å². The van der Waals surface area contributed by atoms with E-state index in [4.69, 9.17) is 0 Å². The zero-order chi connectivity index (χ0) is 14.8. The monoisotopic (exact) mass is 282 g/mol. The molecule has 2 aromatic rings. The van der Waals surface area contributed by atoms with Crippen LogP contribution < -0.4 is 0 Å². The van der Waals surface area contributed by atoms with Crippen LogP contribution in [-0.2, 0) is 11.2 Å². The predicted molar refractivity (Wildman–Crippen MR) is 80.7 cm³/mol. The van der Waals surface area contributed by atoms with Gasteiger partial charge in [0.05, 0.1) is 0 Å². The number of carbonyl (C=O) groups is 1. The van der Waals surface area contributed by atoms with Crippen molar-refractivity contribution in [1.82, 2.24) is 0 Å². The summed E-state index contributed by atoms with van der Waals surface area (Å²) in [6.45, 7) is 2.09. The van der Waals surface area contributed by atoms with E-state index in [0.717, 1.165) is 35.6 Å². The van der Waals surface area contributed by atoms with Gasteiger partial charge in [0.1, 0.15) is 17.3 Å². The second kappa shape index (κ2) is 4.00. The number of phenols is 2. The Hall–Kier alpha value is -2.03. The van der Waals surface area contributed by atoms with E-state index in [2.05, 4.69) is 13.0 Å². The number of rotatable bonds is 0. The lowest BCUT2D eigenvalue weighted by Gasteiger charge is -2.37. The molecule has 108 valence electrons. The van der Waals surface area contributed by atoms with Crippen molar-refractivity contribution in [3.05, 3.63) is 35.4 Å². The van der Waals surface area contributed by atoms with Crippen LogP contribution in [0.4, 0.5) is 0 Å². The minimum Gasteiger partial charge on any atom is -0.508 e. The van der Waals surface area contributed by atoms with E-state index in [1.807, 2.05) is 6.07 Å². The SMILES string of the molecule is C[C@]12CCc3c(ccc4cc(O)cc(O)c34)[C@@H]1CCC2=O. The normalized spacial score (nSPS) is 27.7. The molecule has 0 bridgehead atoms. The number of Topliss-reactive ketones (excluding diaryl/α,β-unsaturated/α-hetero) is 1. The van der Waals surface area contributed by atoms with Gasteiger partial charge in [0.15, 0.2) is 0 Å². The Morgan fingerprint density at radius 1 is 1.19 bits per heavy atom. The quantitative estimate of drug-likeness (QED) is 0.775. The smallest absolute Gasteiger partial charge is 0.139 e. The van der Waals surface area contributed by atoms with Crippen molar-refractivity contribution in [3.8, 4) is 11.5 Å². The Balaban J connectivity index is 1.99. The Labute approximate surface area is 123 Å². The van der Waals surface area contributed by atoms with E-state index in [9.17, 15) is 15.0 Å². The van der Waals surface area contributed by atoms with Crippen molar-refractivity contribution in [3.63, 3.8) is 0 Å². The molecule has 21 heavy (non-hydrogen) atoms. The van der Waals surface area contributed by atoms with Gasteiger partial charge in [-0.15, -0.1) is 0 Å². The summed E-state index contributed by atoms with van der Waals surface area (Å²) >= 11 is 0. The van der Waals surface area contributed by atoms with Crippen LogP contribution in [-0.4, -0.2) is 16.0 Å². The van der Waals surface area contributed by atoms with Gasteiger partial charge in [-0.05, 0) is 47.8 Å². The highest BCUT2D eigenvalue weighted by molar-refractivity contribution is 5.95. The summed E-state index contributed by atoms with van der Waals surface area (Å²) < 4.78 is 0. The Morgan fingerprint density at radius 2 is 2.00 bits per heavy atom. The van der Waals surface area contributed by atoms with E-state index in [-0.39, 0.29) is 22.8 Å². The van der Waals surface area contributed by atoms with Gasteiger partial charge in [-0.25, -0.2) is 0 Å². The molecule has 0 aromatic heterocycles. The van der Waals surface area contributed by atoms with Crippen LogP contribution in [0.2, 0.25) is 0 Å². The maximum absolute atomic E-state index is 12.2. The number of fused-ring (bicyclic) bond motifs is 5. The molecule has 0 spiro atoms. The van der Waals surface area contributed by atoms with Crippen molar-refractivity contribution in [1.29, 1.82) is 0 Å². The summed E-state index contributed by atoms with van der Waals surface area (Å²) in [6.07, 6.45) is 3.24. The number of hydrogen-bond acceptors (Lipinski definition) is 3. The van der Waals surface area contributed by atoms with Crippen molar-refractivity contribution < 1.29 is 15.0 Å². The first-order valence-corrected chi connectivity index (χ1v) is 7.51. The topological polar surface area (TPSA) is 57.5 Å². The van der Waals surface area contributed by atoms with Crippen LogP contribution in [0, 0.1) is 5.41 Å². The molecular weight excluding hydrogens is 264 g/mol. The third-order valence-corrected chi connectivity index (χ3v) is 5.56. The molecule has 2 N–H and O–H groups in total. The van der Waals surface area contributed by atoms with E-state index in [0.29, 0.717) is 12.2 Å². The Bertz CT molecular complexity index is 778. The fourth-order valence-electron chi connectivity index (χ4n) is 4.38. The van der Waals surface area contributed by atoms with Crippen LogP contribution in [0.3, 0.4) is 0 Å². The van der Waals surface area contributed by atoms with Crippen LogP contribution >= 0.6 is 0 Å². The van der Waals surface area contributed by atoms with Crippen molar-refractivity contribution in [2.24, 2.45) is 5.41 Å². The summed E-state index contributed by atoms with van der Waals surface area (Å²) in [6, 6.07) is 7.11. The van der Waals surface area contributed by atoms with Gasteiger partial charge in [0, 0.05) is 23.3 Å². The van der Waals surface area contributed by atoms with Crippen LogP contribution in [0.25, 0.3) is 10.8 Å². The number of aromatic hydroxyl groups is 2. The summed E-state index contributed by atoms with van der Waals surface area (Å²) in [4.78, 5) is 12.2. The number of carbonyl (C=O) groups excluding carboxylic acids is 1. The molecule has 4 rings (SSSR count). The first-order valence-electron chi connectivity index (χ1n) is 7.51. The summed E-state index contributed by atoms with van der Waals surface area (Å²) in [5.41, 5.74) is 2.14. The highest BCUT2D eigenvalue weighted by atomic mass is 16.3.